The van der Waals surface area contributed by atoms with Crippen LogP contribution in [-0.4, -0.2) is 28.6 Å². The minimum absolute atomic E-state index is 0.287. The van der Waals surface area contributed by atoms with Gasteiger partial charge >= 0.3 is 0 Å². The van der Waals surface area contributed by atoms with Crippen LogP contribution in [0.3, 0.4) is 0 Å². The molecular formula is C15H20N2O3S. The van der Waals surface area contributed by atoms with Gasteiger partial charge in [0.2, 0.25) is 10.0 Å². The minimum Gasteiger partial charge on any atom is -0.469 e. The van der Waals surface area contributed by atoms with Crippen LogP contribution in [0.2, 0.25) is 0 Å². The van der Waals surface area contributed by atoms with E-state index in [9.17, 15) is 8.42 Å². The molecule has 5 nitrogen and oxygen atoms in total. The summed E-state index contributed by atoms with van der Waals surface area (Å²) < 4.78 is 32.0. The lowest BCUT2D eigenvalue weighted by molar-refractivity contribution is 0.506. The Bertz CT molecular complexity index is 634. The minimum atomic E-state index is -3.46. The van der Waals surface area contributed by atoms with Gasteiger partial charge in [-0.2, -0.15) is 0 Å². The molecule has 0 radical (unpaired) electrons. The first-order valence-electron chi connectivity index (χ1n) is 6.87. The van der Waals surface area contributed by atoms with E-state index in [4.69, 9.17) is 4.42 Å². The molecule has 21 heavy (non-hydrogen) atoms. The second kappa shape index (κ2) is 7.40. The van der Waals surface area contributed by atoms with Crippen molar-refractivity contribution < 1.29 is 12.8 Å². The number of likely N-dealkylation sites (N-methyl/N-ethyl adjacent to an activating group) is 1. The number of rotatable bonds is 8. The van der Waals surface area contributed by atoms with E-state index in [0.29, 0.717) is 13.0 Å². The van der Waals surface area contributed by atoms with Crippen molar-refractivity contribution in [2.75, 3.05) is 20.1 Å². The van der Waals surface area contributed by atoms with Gasteiger partial charge in [-0.3, -0.25) is 0 Å². The maximum atomic E-state index is 12.1. The van der Waals surface area contributed by atoms with Crippen LogP contribution >= 0.6 is 0 Å². The van der Waals surface area contributed by atoms with Gasteiger partial charge in [0.1, 0.15) is 5.76 Å². The zero-order valence-electron chi connectivity index (χ0n) is 12.0. The Morgan fingerprint density at radius 3 is 2.43 bits per heavy atom. The van der Waals surface area contributed by atoms with E-state index >= 15 is 0 Å². The summed E-state index contributed by atoms with van der Waals surface area (Å²) in [5, 5.41) is 3.06. The Labute approximate surface area is 125 Å². The third kappa shape index (κ3) is 4.70. The normalized spacial score (nSPS) is 11.7. The monoisotopic (exact) mass is 308 g/mol. The highest BCUT2D eigenvalue weighted by Gasteiger charge is 2.13. The second-order valence-corrected chi connectivity index (χ2v) is 6.49. The third-order valence-corrected chi connectivity index (χ3v) is 4.62. The van der Waals surface area contributed by atoms with E-state index in [-0.39, 0.29) is 4.90 Å². The molecule has 1 aromatic carbocycles. The Balaban J connectivity index is 1.92. The van der Waals surface area contributed by atoms with Gasteiger partial charge in [0.05, 0.1) is 11.2 Å². The summed E-state index contributed by atoms with van der Waals surface area (Å²) in [6.07, 6.45) is 2.99. The molecule has 2 aromatic rings. The molecule has 0 spiro atoms. The molecule has 1 heterocycles. The van der Waals surface area contributed by atoms with Gasteiger partial charge in [0.25, 0.3) is 0 Å². The number of sulfonamides is 1. The highest BCUT2D eigenvalue weighted by atomic mass is 32.2. The van der Waals surface area contributed by atoms with Gasteiger partial charge in [-0.05, 0) is 49.8 Å². The molecule has 0 aliphatic rings. The molecule has 0 saturated carbocycles. The molecule has 1 aromatic heterocycles. The van der Waals surface area contributed by atoms with Crippen molar-refractivity contribution in [3.8, 4) is 0 Å². The van der Waals surface area contributed by atoms with Gasteiger partial charge in [0, 0.05) is 13.0 Å². The molecule has 0 fully saturated rings. The van der Waals surface area contributed by atoms with E-state index < -0.39 is 10.0 Å². The van der Waals surface area contributed by atoms with E-state index in [1.165, 1.54) is 0 Å². The van der Waals surface area contributed by atoms with Crippen molar-refractivity contribution in [2.45, 2.75) is 17.7 Å². The standard InChI is InChI=1S/C15H20N2O3S/c1-16-10-8-13-4-6-15(7-5-13)21(18,19)17-11-9-14-3-2-12-20-14/h2-7,12,16-17H,8-11H2,1H3. The second-order valence-electron chi connectivity index (χ2n) is 4.72. The molecule has 2 rings (SSSR count). The van der Waals surface area contributed by atoms with Crippen molar-refractivity contribution in [3.63, 3.8) is 0 Å². The number of furan rings is 1. The fourth-order valence-electron chi connectivity index (χ4n) is 1.95. The predicted molar refractivity (Wildman–Crippen MR) is 81.7 cm³/mol. The first kappa shape index (κ1) is 15.8. The van der Waals surface area contributed by atoms with Gasteiger partial charge in [-0.1, -0.05) is 12.1 Å². The van der Waals surface area contributed by atoms with E-state index in [2.05, 4.69) is 10.0 Å². The average molecular weight is 308 g/mol. The topological polar surface area (TPSA) is 71.3 Å². The van der Waals surface area contributed by atoms with Crippen molar-refractivity contribution in [3.05, 3.63) is 54.0 Å². The highest BCUT2D eigenvalue weighted by molar-refractivity contribution is 7.89. The Morgan fingerprint density at radius 2 is 1.81 bits per heavy atom. The first-order chi connectivity index (χ1) is 10.1. The molecule has 0 saturated heterocycles. The summed E-state index contributed by atoms with van der Waals surface area (Å²) in [5.74, 6) is 0.764. The van der Waals surface area contributed by atoms with Crippen LogP contribution < -0.4 is 10.0 Å². The van der Waals surface area contributed by atoms with Crippen LogP contribution in [0.4, 0.5) is 0 Å². The van der Waals surface area contributed by atoms with Crippen molar-refractivity contribution >= 4 is 10.0 Å². The Hall–Kier alpha value is -1.63. The maximum Gasteiger partial charge on any atom is 0.240 e. The highest BCUT2D eigenvalue weighted by Crippen LogP contribution is 2.11. The van der Waals surface area contributed by atoms with Crippen LogP contribution in [0.1, 0.15) is 11.3 Å². The lowest BCUT2D eigenvalue weighted by Crippen LogP contribution is -2.25. The fraction of sp³-hybridized carbons (Fsp3) is 0.333. The zero-order chi connectivity index (χ0) is 15.1. The van der Waals surface area contributed by atoms with Crippen LogP contribution in [0, 0.1) is 0 Å². The third-order valence-electron chi connectivity index (χ3n) is 3.14. The molecule has 6 heteroatoms. The summed E-state index contributed by atoms with van der Waals surface area (Å²) in [6.45, 7) is 1.19. The molecule has 2 N–H and O–H groups in total. The number of nitrogens with one attached hydrogen (secondary N) is 2. The molecular weight excluding hydrogens is 288 g/mol. The molecule has 0 aliphatic heterocycles. The average Bonchev–Trinajstić information content (AvgIpc) is 2.98. The zero-order valence-corrected chi connectivity index (χ0v) is 12.8. The number of hydrogen-bond acceptors (Lipinski definition) is 4. The first-order valence-corrected chi connectivity index (χ1v) is 8.36. The van der Waals surface area contributed by atoms with E-state index in [1.54, 1.807) is 24.5 Å². The Morgan fingerprint density at radius 1 is 1.05 bits per heavy atom. The van der Waals surface area contributed by atoms with Gasteiger partial charge in [-0.25, -0.2) is 13.1 Å². The largest absolute Gasteiger partial charge is 0.469 e. The lowest BCUT2D eigenvalue weighted by Gasteiger charge is -2.07. The van der Waals surface area contributed by atoms with Crippen molar-refractivity contribution in [2.24, 2.45) is 0 Å². The van der Waals surface area contributed by atoms with Gasteiger partial charge in [-0.15, -0.1) is 0 Å². The van der Waals surface area contributed by atoms with Gasteiger partial charge in [0.15, 0.2) is 0 Å². The molecule has 114 valence electrons. The molecule has 0 atom stereocenters. The summed E-state index contributed by atoms with van der Waals surface area (Å²) >= 11 is 0. The van der Waals surface area contributed by atoms with Crippen molar-refractivity contribution in [1.82, 2.24) is 10.0 Å². The van der Waals surface area contributed by atoms with Crippen molar-refractivity contribution in [1.29, 1.82) is 0 Å². The number of benzene rings is 1. The lowest BCUT2D eigenvalue weighted by atomic mass is 10.1. The van der Waals surface area contributed by atoms with Crippen LogP contribution in [0.5, 0.6) is 0 Å². The van der Waals surface area contributed by atoms with Crippen LogP contribution in [0.15, 0.2) is 52.0 Å². The molecule has 0 amide bonds. The van der Waals surface area contributed by atoms with Gasteiger partial charge < -0.3 is 9.73 Å². The maximum absolute atomic E-state index is 12.1. The van der Waals surface area contributed by atoms with Crippen LogP contribution in [0.25, 0.3) is 0 Å². The molecule has 0 aliphatic carbocycles. The summed E-state index contributed by atoms with van der Waals surface area (Å²) in [5.41, 5.74) is 1.11. The summed E-state index contributed by atoms with van der Waals surface area (Å²) in [7, 11) is -1.57. The Kier molecular flexibility index (Phi) is 5.55. The molecule has 0 unspecified atom stereocenters. The predicted octanol–water partition coefficient (Wildman–Crippen LogP) is 1.56. The fourth-order valence-corrected chi connectivity index (χ4v) is 2.98. The smallest absolute Gasteiger partial charge is 0.240 e. The quantitative estimate of drug-likeness (QED) is 0.776. The summed E-state index contributed by atoms with van der Waals surface area (Å²) in [4.78, 5) is 0.287. The number of hydrogen-bond donors (Lipinski definition) is 2. The summed E-state index contributed by atoms with van der Waals surface area (Å²) in [6, 6.07) is 10.6. The van der Waals surface area contributed by atoms with Crippen LogP contribution in [-0.2, 0) is 22.9 Å². The van der Waals surface area contributed by atoms with E-state index in [0.717, 1.165) is 24.3 Å². The SMILES string of the molecule is CNCCc1ccc(S(=O)(=O)NCCc2ccco2)cc1. The van der Waals surface area contributed by atoms with E-state index in [1.807, 2.05) is 25.2 Å². The molecule has 0 bridgehead atoms.